The van der Waals surface area contributed by atoms with Gasteiger partial charge in [-0.05, 0) is 70.6 Å². The third-order valence-electron chi connectivity index (χ3n) is 9.07. The molecule has 300 valence electrons. The van der Waals surface area contributed by atoms with Crippen molar-refractivity contribution in [1.82, 2.24) is 0 Å². The molecule has 1 atom stereocenters. The Morgan fingerprint density at radius 2 is 0.769 bits per heavy atom. The first-order chi connectivity index (χ1) is 25.5. The molecular formula is C46H80O6. The fourth-order valence-electron chi connectivity index (χ4n) is 5.79. The lowest BCUT2D eigenvalue weighted by atomic mass is 10.1. The summed E-state index contributed by atoms with van der Waals surface area (Å²) >= 11 is 0. The van der Waals surface area contributed by atoms with Gasteiger partial charge in [-0.25, -0.2) is 0 Å². The van der Waals surface area contributed by atoms with Crippen molar-refractivity contribution in [3.63, 3.8) is 0 Å². The fourth-order valence-corrected chi connectivity index (χ4v) is 5.79. The van der Waals surface area contributed by atoms with Crippen LogP contribution in [0, 0.1) is 0 Å². The van der Waals surface area contributed by atoms with Crippen molar-refractivity contribution >= 4 is 17.9 Å². The Bertz CT molecular complexity index is 933. The Morgan fingerprint density at radius 1 is 0.404 bits per heavy atom. The number of carbonyl (C=O) groups excluding carboxylic acids is 3. The standard InChI is InChI=1S/C46H80O6/c1-4-7-10-13-16-19-22-23-25-27-30-33-36-39-45(48)51-42-43(41-50-44(47)38-35-32-29-26-21-18-15-12-9-6-3)52-46(49)40-37-34-31-28-24-20-17-14-11-8-5-2/h7,10,14,16-17,19,23,25,43H,4-6,8-9,11-13,15,18,20-22,24,26-42H2,1-3H3/b10-7-,17-14-,19-16-,25-23-. The number of carbonyl (C=O) groups is 3. The zero-order valence-electron chi connectivity index (χ0n) is 34.1. The Balaban J connectivity index is 4.43. The SMILES string of the molecule is CC/C=C\C/C=C\C/C=C\CCCCCC(=O)OCC(COC(=O)CCCCCCCCCCCC)OC(=O)CCCCCCC/C=C\CCCC. The van der Waals surface area contributed by atoms with Crippen molar-refractivity contribution in [2.75, 3.05) is 13.2 Å². The van der Waals surface area contributed by atoms with Gasteiger partial charge in [0.05, 0.1) is 0 Å². The molecule has 0 rings (SSSR count). The molecule has 0 saturated heterocycles. The highest BCUT2D eigenvalue weighted by Gasteiger charge is 2.19. The third kappa shape index (κ3) is 38.6. The average molecular weight is 729 g/mol. The minimum absolute atomic E-state index is 0.0850. The molecule has 0 bridgehead atoms. The van der Waals surface area contributed by atoms with Gasteiger partial charge < -0.3 is 14.2 Å². The molecule has 0 aromatic rings. The van der Waals surface area contributed by atoms with E-state index in [1.165, 1.54) is 70.6 Å². The predicted octanol–water partition coefficient (Wildman–Crippen LogP) is 13.6. The normalized spacial score (nSPS) is 12.4. The van der Waals surface area contributed by atoms with E-state index in [0.29, 0.717) is 19.3 Å². The summed E-state index contributed by atoms with van der Waals surface area (Å²) in [5, 5.41) is 0. The zero-order valence-corrected chi connectivity index (χ0v) is 34.1. The van der Waals surface area contributed by atoms with Gasteiger partial charge in [0, 0.05) is 19.3 Å². The smallest absolute Gasteiger partial charge is 0.306 e. The van der Waals surface area contributed by atoms with Gasteiger partial charge in [-0.3, -0.25) is 14.4 Å². The molecule has 0 aliphatic carbocycles. The van der Waals surface area contributed by atoms with E-state index < -0.39 is 6.10 Å². The lowest BCUT2D eigenvalue weighted by Gasteiger charge is -2.18. The number of unbranched alkanes of at least 4 members (excludes halogenated alkanes) is 19. The van der Waals surface area contributed by atoms with Crippen LogP contribution in [0.5, 0.6) is 0 Å². The molecule has 0 spiro atoms. The summed E-state index contributed by atoms with van der Waals surface area (Å²) in [4.78, 5) is 37.6. The van der Waals surface area contributed by atoms with Crippen molar-refractivity contribution in [2.24, 2.45) is 0 Å². The molecule has 6 nitrogen and oxygen atoms in total. The number of ether oxygens (including phenoxy) is 3. The Hall–Kier alpha value is -2.63. The van der Waals surface area contributed by atoms with Gasteiger partial charge >= 0.3 is 17.9 Å². The van der Waals surface area contributed by atoms with E-state index in [1.54, 1.807) is 0 Å². The van der Waals surface area contributed by atoms with Crippen molar-refractivity contribution < 1.29 is 28.6 Å². The molecule has 6 heteroatoms. The lowest BCUT2D eigenvalue weighted by Crippen LogP contribution is -2.30. The minimum Gasteiger partial charge on any atom is -0.462 e. The van der Waals surface area contributed by atoms with Gasteiger partial charge in [0.25, 0.3) is 0 Å². The molecule has 0 N–H and O–H groups in total. The lowest BCUT2D eigenvalue weighted by molar-refractivity contribution is -0.167. The van der Waals surface area contributed by atoms with Crippen LogP contribution in [-0.4, -0.2) is 37.2 Å². The van der Waals surface area contributed by atoms with E-state index in [4.69, 9.17) is 14.2 Å². The van der Waals surface area contributed by atoms with Crippen LogP contribution in [0.15, 0.2) is 48.6 Å². The number of allylic oxidation sites excluding steroid dienone is 8. The maximum Gasteiger partial charge on any atom is 0.306 e. The summed E-state index contributed by atoms with van der Waals surface area (Å²) in [6.07, 6.45) is 46.6. The average Bonchev–Trinajstić information content (AvgIpc) is 3.14. The second-order valence-corrected chi connectivity index (χ2v) is 14.2. The molecule has 0 amide bonds. The Morgan fingerprint density at radius 3 is 1.27 bits per heavy atom. The van der Waals surface area contributed by atoms with Gasteiger partial charge in [-0.15, -0.1) is 0 Å². The summed E-state index contributed by atoms with van der Waals surface area (Å²) < 4.78 is 16.6. The highest BCUT2D eigenvalue weighted by atomic mass is 16.6. The summed E-state index contributed by atoms with van der Waals surface area (Å²) in [6, 6.07) is 0. The molecule has 1 unspecified atom stereocenters. The number of hydrogen-bond acceptors (Lipinski definition) is 6. The number of hydrogen-bond donors (Lipinski definition) is 0. The van der Waals surface area contributed by atoms with E-state index in [-0.39, 0.29) is 31.1 Å². The van der Waals surface area contributed by atoms with Gasteiger partial charge in [0.2, 0.25) is 0 Å². The maximum absolute atomic E-state index is 12.7. The fraction of sp³-hybridized carbons (Fsp3) is 0.761. The highest BCUT2D eigenvalue weighted by Crippen LogP contribution is 2.13. The number of esters is 3. The summed E-state index contributed by atoms with van der Waals surface area (Å²) in [6.45, 7) is 6.42. The van der Waals surface area contributed by atoms with Crippen LogP contribution in [-0.2, 0) is 28.6 Å². The molecule has 0 aliphatic heterocycles. The van der Waals surface area contributed by atoms with Crippen molar-refractivity contribution in [2.45, 2.75) is 213 Å². The van der Waals surface area contributed by atoms with E-state index in [9.17, 15) is 14.4 Å². The molecule has 0 radical (unpaired) electrons. The maximum atomic E-state index is 12.7. The van der Waals surface area contributed by atoms with Crippen LogP contribution in [0.2, 0.25) is 0 Å². The molecule has 52 heavy (non-hydrogen) atoms. The van der Waals surface area contributed by atoms with E-state index >= 15 is 0 Å². The van der Waals surface area contributed by atoms with Crippen LogP contribution in [0.1, 0.15) is 207 Å². The summed E-state index contributed by atoms with van der Waals surface area (Å²) in [5.74, 6) is -0.931. The van der Waals surface area contributed by atoms with Gasteiger partial charge in [-0.2, -0.15) is 0 Å². The third-order valence-corrected chi connectivity index (χ3v) is 9.07. The van der Waals surface area contributed by atoms with Gasteiger partial charge in [-0.1, -0.05) is 166 Å². The first-order valence-corrected chi connectivity index (χ1v) is 21.6. The van der Waals surface area contributed by atoms with E-state index in [2.05, 4.69) is 69.4 Å². The van der Waals surface area contributed by atoms with E-state index in [1.807, 2.05) is 0 Å². The second-order valence-electron chi connectivity index (χ2n) is 14.2. The quantitative estimate of drug-likeness (QED) is 0.0272. The van der Waals surface area contributed by atoms with Gasteiger partial charge in [0.15, 0.2) is 6.10 Å². The van der Waals surface area contributed by atoms with Crippen LogP contribution in [0.4, 0.5) is 0 Å². The van der Waals surface area contributed by atoms with Crippen LogP contribution in [0.3, 0.4) is 0 Å². The number of rotatable bonds is 38. The Labute approximate surface area is 320 Å². The summed E-state index contributed by atoms with van der Waals surface area (Å²) in [7, 11) is 0. The van der Waals surface area contributed by atoms with Crippen LogP contribution < -0.4 is 0 Å². The molecule has 0 aromatic heterocycles. The molecule has 0 heterocycles. The highest BCUT2D eigenvalue weighted by molar-refractivity contribution is 5.71. The molecule has 0 aliphatic rings. The summed E-state index contributed by atoms with van der Waals surface area (Å²) in [5.41, 5.74) is 0. The zero-order chi connectivity index (χ0) is 38.0. The topological polar surface area (TPSA) is 78.9 Å². The van der Waals surface area contributed by atoms with Crippen LogP contribution >= 0.6 is 0 Å². The molecule has 0 aromatic carbocycles. The largest absolute Gasteiger partial charge is 0.462 e. The van der Waals surface area contributed by atoms with Crippen molar-refractivity contribution in [3.05, 3.63) is 48.6 Å². The first kappa shape index (κ1) is 49.4. The van der Waals surface area contributed by atoms with Gasteiger partial charge in [0.1, 0.15) is 13.2 Å². The first-order valence-electron chi connectivity index (χ1n) is 21.6. The van der Waals surface area contributed by atoms with E-state index in [0.717, 1.165) is 96.3 Å². The van der Waals surface area contributed by atoms with Crippen molar-refractivity contribution in [1.29, 1.82) is 0 Å². The molecular weight excluding hydrogens is 648 g/mol. The molecule has 0 fully saturated rings. The predicted molar refractivity (Wildman–Crippen MR) is 219 cm³/mol. The Kier molecular flexibility index (Phi) is 39.1. The monoisotopic (exact) mass is 729 g/mol. The minimum atomic E-state index is -0.783. The van der Waals surface area contributed by atoms with Crippen molar-refractivity contribution in [3.8, 4) is 0 Å². The second kappa shape index (κ2) is 41.1. The van der Waals surface area contributed by atoms with Crippen LogP contribution in [0.25, 0.3) is 0 Å². The molecule has 0 saturated carbocycles.